The molecule has 0 amide bonds. The first-order valence-electron chi connectivity index (χ1n) is 6.09. The van der Waals surface area contributed by atoms with E-state index in [2.05, 4.69) is 49.6 Å². The molecule has 2 heterocycles. The molecule has 98 valence electrons. The van der Waals surface area contributed by atoms with Gasteiger partial charge in [-0.25, -0.2) is 4.98 Å². The number of rotatable bonds is 0. The summed E-state index contributed by atoms with van der Waals surface area (Å²) < 4.78 is 2.99. The summed E-state index contributed by atoms with van der Waals surface area (Å²) in [5, 5.41) is 0. The van der Waals surface area contributed by atoms with E-state index in [0.717, 1.165) is 39.5 Å². The van der Waals surface area contributed by atoms with Crippen LogP contribution in [0.2, 0.25) is 0 Å². The molecule has 1 aromatic carbocycles. The molecule has 1 aliphatic heterocycles. The van der Waals surface area contributed by atoms with Gasteiger partial charge in [-0.1, -0.05) is 12.1 Å². The van der Waals surface area contributed by atoms with Crippen LogP contribution in [0.3, 0.4) is 0 Å². The van der Waals surface area contributed by atoms with Gasteiger partial charge in [-0.3, -0.25) is 4.57 Å². The maximum atomic E-state index is 6.05. The third-order valence-corrected chi connectivity index (χ3v) is 4.18. The van der Waals surface area contributed by atoms with Gasteiger partial charge in [-0.05, 0) is 35.0 Å². The zero-order chi connectivity index (χ0) is 13.6. The van der Waals surface area contributed by atoms with Gasteiger partial charge in [0, 0.05) is 24.9 Å². The predicted molar refractivity (Wildman–Crippen MR) is 80.3 cm³/mol. The predicted octanol–water partition coefficient (Wildman–Crippen LogP) is 2.82. The fraction of sp³-hybridized carbons (Fsp3) is 0.214. The van der Waals surface area contributed by atoms with Crippen molar-refractivity contribution in [2.75, 3.05) is 11.9 Å². The molecule has 0 bridgehead atoms. The molecule has 19 heavy (non-hydrogen) atoms. The Bertz CT molecular complexity index is 668. The van der Waals surface area contributed by atoms with E-state index in [1.807, 2.05) is 25.4 Å². The third kappa shape index (κ3) is 1.85. The summed E-state index contributed by atoms with van der Waals surface area (Å²) in [6, 6.07) is 8.27. The fourth-order valence-corrected chi connectivity index (χ4v) is 2.92. The number of imidazole rings is 1. The molecular formula is C14H15BrN4. The van der Waals surface area contributed by atoms with Crippen LogP contribution in [0, 0.1) is 0 Å². The summed E-state index contributed by atoms with van der Waals surface area (Å²) in [6.45, 7) is 1.94. The molecule has 0 saturated carbocycles. The lowest BCUT2D eigenvalue weighted by Gasteiger charge is -2.23. The highest BCUT2D eigenvalue weighted by molar-refractivity contribution is 9.10. The maximum Gasteiger partial charge on any atom is 0.128 e. The topological polar surface area (TPSA) is 47.1 Å². The standard InChI is InChI=1S/C14H15BrN4/c1-9(16)12-7-13-14(15)17-8-19(13)11-6-4-3-5-10(11)18(12)2/h3-6,8H,7,16H2,1-2H3/b12-9-. The van der Waals surface area contributed by atoms with Gasteiger partial charge in [0.15, 0.2) is 0 Å². The number of aromatic nitrogens is 2. The largest absolute Gasteiger partial charge is 0.401 e. The fourth-order valence-electron chi connectivity index (χ4n) is 2.50. The monoisotopic (exact) mass is 318 g/mol. The van der Waals surface area contributed by atoms with Gasteiger partial charge in [0.25, 0.3) is 0 Å². The number of hydrogen-bond donors (Lipinski definition) is 1. The summed E-state index contributed by atoms with van der Waals surface area (Å²) in [6.07, 6.45) is 2.61. The number of nitrogens with zero attached hydrogens (tertiary/aromatic N) is 3. The molecule has 3 rings (SSSR count). The minimum Gasteiger partial charge on any atom is -0.401 e. The second-order valence-electron chi connectivity index (χ2n) is 4.71. The Hall–Kier alpha value is -1.75. The summed E-state index contributed by atoms with van der Waals surface area (Å²) >= 11 is 3.52. The lowest BCUT2D eigenvalue weighted by Crippen LogP contribution is -2.21. The molecule has 0 aliphatic carbocycles. The highest BCUT2D eigenvalue weighted by Gasteiger charge is 2.23. The van der Waals surface area contributed by atoms with Gasteiger partial charge < -0.3 is 10.6 Å². The van der Waals surface area contributed by atoms with Crippen molar-refractivity contribution >= 4 is 21.6 Å². The van der Waals surface area contributed by atoms with Crippen molar-refractivity contribution in [1.29, 1.82) is 0 Å². The van der Waals surface area contributed by atoms with E-state index < -0.39 is 0 Å². The number of halogens is 1. The molecule has 2 aromatic rings. The van der Waals surface area contributed by atoms with Crippen LogP contribution in [0.15, 0.2) is 46.6 Å². The van der Waals surface area contributed by atoms with Crippen molar-refractivity contribution in [2.24, 2.45) is 5.73 Å². The summed E-state index contributed by atoms with van der Waals surface area (Å²) in [4.78, 5) is 6.51. The van der Waals surface area contributed by atoms with Crippen LogP contribution in [0.1, 0.15) is 12.6 Å². The normalized spacial score (nSPS) is 16.7. The Morgan fingerprint density at radius 3 is 2.68 bits per heavy atom. The van der Waals surface area contributed by atoms with Crippen molar-refractivity contribution in [2.45, 2.75) is 13.3 Å². The second kappa shape index (κ2) is 4.42. The van der Waals surface area contributed by atoms with E-state index in [9.17, 15) is 0 Å². The van der Waals surface area contributed by atoms with E-state index >= 15 is 0 Å². The van der Waals surface area contributed by atoms with E-state index in [1.165, 1.54) is 0 Å². The van der Waals surface area contributed by atoms with Crippen LogP contribution < -0.4 is 10.6 Å². The molecule has 1 aliphatic rings. The first-order chi connectivity index (χ1) is 9.09. The number of likely N-dealkylation sites (N-methyl/N-ethyl adjacent to an activating group) is 1. The minimum atomic E-state index is 0.758. The molecule has 0 atom stereocenters. The van der Waals surface area contributed by atoms with Crippen molar-refractivity contribution in [1.82, 2.24) is 9.55 Å². The van der Waals surface area contributed by atoms with Crippen molar-refractivity contribution in [3.8, 4) is 5.69 Å². The Balaban J connectivity index is 2.34. The molecule has 2 N–H and O–H groups in total. The SMILES string of the molecule is C/C(N)=C1\Cc2c(Br)ncn2-c2ccccc2N1C. The maximum absolute atomic E-state index is 6.05. The van der Waals surface area contributed by atoms with Crippen LogP contribution in [0.4, 0.5) is 5.69 Å². The first kappa shape index (κ1) is 12.3. The van der Waals surface area contributed by atoms with Gasteiger partial charge in [0.1, 0.15) is 10.9 Å². The number of nitrogens with two attached hydrogens (primary N) is 1. The molecule has 5 heteroatoms. The molecule has 1 aromatic heterocycles. The van der Waals surface area contributed by atoms with E-state index in [0.29, 0.717) is 0 Å². The van der Waals surface area contributed by atoms with Crippen molar-refractivity contribution in [3.05, 3.63) is 52.3 Å². The number of allylic oxidation sites excluding steroid dienone is 2. The molecule has 4 nitrogen and oxygen atoms in total. The van der Waals surface area contributed by atoms with Gasteiger partial charge in [-0.15, -0.1) is 0 Å². The van der Waals surface area contributed by atoms with Crippen LogP contribution in [0.25, 0.3) is 5.69 Å². The smallest absolute Gasteiger partial charge is 0.128 e. The molecule has 0 unspecified atom stereocenters. The number of benzene rings is 1. The minimum absolute atomic E-state index is 0.758. The summed E-state index contributed by atoms with van der Waals surface area (Å²) in [5.74, 6) is 0. The lowest BCUT2D eigenvalue weighted by atomic mass is 10.2. The van der Waals surface area contributed by atoms with Crippen LogP contribution in [-0.2, 0) is 6.42 Å². The first-order valence-corrected chi connectivity index (χ1v) is 6.89. The molecule has 0 saturated heterocycles. The number of para-hydroxylation sites is 2. The zero-order valence-electron chi connectivity index (χ0n) is 10.9. The van der Waals surface area contributed by atoms with E-state index in [1.54, 1.807) is 0 Å². The quantitative estimate of drug-likeness (QED) is 0.812. The highest BCUT2D eigenvalue weighted by atomic mass is 79.9. The van der Waals surface area contributed by atoms with Gasteiger partial charge in [0.05, 0.1) is 17.1 Å². The van der Waals surface area contributed by atoms with Crippen LogP contribution in [-0.4, -0.2) is 16.6 Å². The average Bonchev–Trinajstić information content (AvgIpc) is 2.69. The number of anilines is 1. The van der Waals surface area contributed by atoms with Crippen LogP contribution in [0.5, 0.6) is 0 Å². The van der Waals surface area contributed by atoms with E-state index in [4.69, 9.17) is 5.73 Å². The average molecular weight is 319 g/mol. The summed E-state index contributed by atoms with van der Waals surface area (Å²) in [7, 11) is 2.05. The van der Waals surface area contributed by atoms with Crippen LogP contribution >= 0.6 is 15.9 Å². The second-order valence-corrected chi connectivity index (χ2v) is 5.46. The Labute approximate surface area is 120 Å². The Morgan fingerprint density at radius 2 is 2.00 bits per heavy atom. The lowest BCUT2D eigenvalue weighted by molar-refractivity contribution is 0.928. The molecule has 0 spiro atoms. The van der Waals surface area contributed by atoms with Gasteiger partial charge in [0.2, 0.25) is 0 Å². The third-order valence-electron chi connectivity index (χ3n) is 3.51. The van der Waals surface area contributed by atoms with Gasteiger partial charge in [-0.2, -0.15) is 0 Å². The van der Waals surface area contributed by atoms with E-state index in [-0.39, 0.29) is 0 Å². The Kier molecular flexibility index (Phi) is 2.86. The molecule has 0 radical (unpaired) electrons. The number of hydrogen-bond acceptors (Lipinski definition) is 3. The Morgan fingerprint density at radius 1 is 1.32 bits per heavy atom. The summed E-state index contributed by atoms with van der Waals surface area (Å²) in [5.41, 5.74) is 11.4. The van der Waals surface area contributed by atoms with Crippen molar-refractivity contribution in [3.63, 3.8) is 0 Å². The molecule has 0 fully saturated rings. The number of fused-ring (bicyclic) bond motifs is 3. The van der Waals surface area contributed by atoms with Crippen molar-refractivity contribution < 1.29 is 0 Å². The molecular weight excluding hydrogens is 304 g/mol. The van der Waals surface area contributed by atoms with Gasteiger partial charge >= 0.3 is 0 Å². The highest BCUT2D eigenvalue weighted by Crippen LogP contribution is 2.34. The zero-order valence-corrected chi connectivity index (χ0v) is 12.5.